The van der Waals surface area contributed by atoms with Gasteiger partial charge in [0.15, 0.2) is 12.6 Å². The zero-order valence-corrected chi connectivity index (χ0v) is 13.8. The fraction of sp³-hybridized carbons (Fsp3) is 1.00. The minimum atomic E-state index is -1.70. The molecular weight excluding hydrogens is 344 g/mol. The number of hydrogen-bond acceptors (Lipinski definition) is 11. The Bertz CT molecular complexity index is 420. The zero-order chi connectivity index (χ0) is 18.9. The van der Waals surface area contributed by atoms with E-state index in [1.54, 1.807) is 0 Å². The zero-order valence-electron chi connectivity index (χ0n) is 13.8. The van der Waals surface area contributed by atoms with E-state index in [1.807, 2.05) is 0 Å². The maximum absolute atomic E-state index is 10.2. The van der Waals surface area contributed by atoms with Crippen molar-refractivity contribution in [3.63, 3.8) is 0 Å². The molecule has 0 bridgehead atoms. The second-order valence-corrected chi connectivity index (χ2v) is 6.22. The molecular formula is C14H26O11. The molecule has 0 aromatic heterocycles. The Balaban J connectivity index is 2.15. The summed E-state index contributed by atoms with van der Waals surface area (Å²) in [6, 6.07) is 0. The third kappa shape index (κ3) is 4.12. The van der Waals surface area contributed by atoms with E-state index in [4.69, 9.17) is 18.9 Å². The second kappa shape index (κ2) is 8.50. The fourth-order valence-corrected chi connectivity index (χ4v) is 2.96. The van der Waals surface area contributed by atoms with E-state index in [0.717, 1.165) is 0 Å². The first-order valence-electron chi connectivity index (χ1n) is 7.91. The molecule has 0 radical (unpaired) electrons. The summed E-state index contributed by atoms with van der Waals surface area (Å²) < 4.78 is 20.8. The van der Waals surface area contributed by atoms with Gasteiger partial charge < -0.3 is 54.7 Å². The van der Waals surface area contributed by atoms with E-state index in [2.05, 4.69) is 0 Å². The van der Waals surface area contributed by atoms with Crippen LogP contribution in [0.2, 0.25) is 0 Å². The molecule has 2 aliphatic heterocycles. The number of rotatable bonds is 5. The van der Waals surface area contributed by atoms with Gasteiger partial charge in [0.1, 0.15) is 48.8 Å². The normalized spacial score (nSPS) is 49.8. The highest BCUT2D eigenvalue weighted by molar-refractivity contribution is 4.94. The van der Waals surface area contributed by atoms with Crippen LogP contribution in [-0.2, 0) is 18.9 Å². The number of ether oxygens (including phenoxy) is 4. The van der Waals surface area contributed by atoms with Gasteiger partial charge in [-0.05, 0) is 6.92 Å². The standard InChI is InChI=1S/C14H26O11/c1-4(16)11-7(18)6(17)9(20)14(24-11)25-12-5(3-15)23-13(22-2)10(21)8(12)19/h4-21H,3H2,1-2H3/t4-,5+,6-,7+,8+,9+,10+,11+,12-,13-,14-/m0/s1. The summed E-state index contributed by atoms with van der Waals surface area (Å²) in [7, 11) is 1.25. The molecule has 2 fully saturated rings. The summed E-state index contributed by atoms with van der Waals surface area (Å²) in [5.74, 6) is 0. The molecule has 2 rings (SSSR count). The molecule has 7 N–H and O–H groups in total. The molecule has 0 spiro atoms. The van der Waals surface area contributed by atoms with Crippen molar-refractivity contribution >= 4 is 0 Å². The van der Waals surface area contributed by atoms with Crippen molar-refractivity contribution in [2.45, 2.75) is 74.4 Å². The summed E-state index contributed by atoms with van der Waals surface area (Å²) in [4.78, 5) is 0. The van der Waals surface area contributed by atoms with Crippen LogP contribution in [0.1, 0.15) is 6.92 Å². The van der Waals surface area contributed by atoms with Gasteiger partial charge in [-0.3, -0.25) is 0 Å². The third-order valence-corrected chi connectivity index (χ3v) is 4.43. The van der Waals surface area contributed by atoms with Crippen molar-refractivity contribution in [1.29, 1.82) is 0 Å². The number of aliphatic hydroxyl groups excluding tert-OH is 7. The van der Waals surface area contributed by atoms with Gasteiger partial charge in [0.25, 0.3) is 0 Å². The van der Waals surface area contributed by atoms with Gasteiger partial charge in [-0.2, -0.15) is 0 Å². The minimum absolute atomic E-state index is 0.595. The summed E-state index contributed by atoms with van der Waals surface area (Å²) in [6.07, 6.45) is -15.6. The van der Waals surface area contributed by atoms with Crippen LogP contribution in [0.25, 0.3) is 0 Å². The maximum Gasteiger partial charge on any atom is 0.187 e. The Labute approximate surface area is 143 Å². The van der Waals surface area contributed by atoms with Crippen LogP contribution in [0, 0.1) is 0 Å². The van der Waals surface area contributed by atoms with Crippen LogP contribution in [-0.4, -0.2) is 117 Å². The van der Waals surface area contributed by atoms with E-state index >= 15 is 0 Å². The maximum atomic E-state index is 10.2. The summed E-state index contributed by atoms with van der Waals surface area (Å²) in [6.45, 7) is 0.722. The Morgan fingerprint density at radius 3 is 2.00 bits per heavy atom. The van der Waals surface area contributed by atoms with E-state index in [1.165, 1.54) is 14.0 Å². The Hall–Kier alpha value is -0.440. The van der Waals surface area contributed by atoms with Gasteiger partial charge in [0.2, 0.25) is 0 Å². The number of hydrogen-bond donors (Lipinski definition) is 7. The lowest BCUT2D eigenvalue weighted by molar-refractivity contribution is -0.360. The van der Waals surface area contributed by atoms with Gasteiger partial charge in [0.05, 0.1) is 12.7 Å². The molecule has 0 aromatic rings. The molecule has 2 aliphatic rings. The van der Waals surface area contributed by atoms with Gasteiger partial charge in [0, 0.05) is 7.11 Å². The number of aliphatic hydroxyl groups is 7. The molecule has 11 atom stereocenters. The average Bonchev–Trinajstić information content (AvgIpc) is 2.58. The van der Waals surface area contributed by atoms with Crippen molar-refractivity contribution in [1.82, 2.24) is 0 Å². The molecule has 0 aliphatic carbocycles. The molecule has 0 unspecified atom stereocenters. The topological polar surface area (TPSA) is 179 Å². The molecule has 0 amide bonds. The number of methoxy groups -OCH3 is 1. The fourth-order valence-electron chi connectivity index (χ4n) is 2.96. The van der Waals surface area contributed by atoms with Crippen LogP contribution in [0.5, 0.6) is 0 Å². The molecule has 148 valence electrons. The first-order valence-corrected chi connectivity index (χ1v) is 7.91. The Kier molecular flexibility index (Phi) is 7.09. The van der Waals surface area contributed by atoms with E-state index in [-0.39, 0.29) is 0 Å². The summed E-state index contributed by atoms with van der Waals surface area (Å²) in [5.41, 5.74) is 0. The lowest BCUT2D eigenvalue weighted by Crippen LogP contribution is -2.65. The molecule has 11 nitrogen and oxygen atoms in total. The van der Waals surface area contributed by atoms with Crippen LogP contribution < -0.4 is 0 Å². The van der Waals surface area contributed by atoms with E-state index < -0.39 is 74.1 Å². The highest BCUT2D eigenvalue weighted by Crippen LogP contribution is 2.30. The van der Waals surface area contributed by atoms with Crippen LogP contribution in [0.3, 0.4) is 0 Å². The lowest BCUT2D eigenvalue weighted by atomic mass is 9.95. The molecule has 2 saturated heterocycles. The minimum Gasteiger partial charge on any atom is -0.394 e. The average molecular weight is 370 g/mol. The summed E-state index contributed by atoms with van der Waals surface area (Å²) in [5, 5.41) is 69.0. The Morgan fingerprint density at radius 2 is 1.48 bits per heavy atom. The third-order valence-electron chi connectivity index (χ3n) is 4.43. The van der Waals surface area contributed by atoms with Crippen LogP contribution >= 0.6 is 0 Å². The predicted octanol–water partition coefficient (Wildman–Crippen LogP) is -4.35. The SMILES string of the molecule is CO[C@H]1O[C@H](CO)[C@H](O[C@@H]2O[C@H]([C@H](C)O)[C@H](O)[C@H](O)[C@H]2O)[C@H](O)[C@H]1O. The molecule has 25 heavy (non-hydrogen) atoms. The monoisotopic (exact) mass is 370 g/mol. The molecule has 2 heterocycles. The first-order chi connectivity index (χ1) is 11.7. The molecule has 11 heteroatoms. The highest BCUT2D eigenvalue weighted by atomic mass is 16.7. The van der Waals surface area contributed by atoms with Gasteiger partial charge >= 0.3 is 0 Å². The largest absolute Gasteiger partial charge is 0.394 e. The molecule has 0 aromatic carbocycles. The first kappa shape index (κ1) is 20.9. The van der Waals surface area contributed by atoms with Gasteiger partial charge in [-0.15, -0.1) is 0 Å². The molecule has 0 saturated carbocycles. The van der Waals surface area contributed by atoms with E-state index in [9.17, 15) is 35.7 Å². The predicted molar refractivity (Wildman–Crippen MR) is 78.0 cm³/mol. The van der Waals surface area contributed by atoms with Crippen molar-refractivity contribution in [2.75, 3.05) is 13.7 Å². The van der Waals surface area contributed by atoms with Gasteiger partial charge in [-0.1, -0.05) is 0 Å². The van der Waals surface area contributed by atoms with E-state index in [0.29, 0.717) is 0 Å². The van der Waals surface area contributed by atoms with Crippen molar-refractivity contribution in [3.05, 3.63) is 0 Å². The van der Waals surface area contributed by atoms with Gasteiger partial charge in [-0.25, -0.2) is 0 Å². The van der Waals surface area contributed by atoms with Crippen molar-refractivity contribution < 1.29 is 54.7 Å². The Morgan fingerprint density at radius 1 is 0.880 bits per heavy atom. The summed E-state index contributed by atoms with van der Waals surface area (Å²) >= 11 is 0. The van der Waals surface area contributed by atoms with Crippen molar-refractivity contribution in [3.8, 4) is 0 Å². The smallest absolute Gasteiger partial charge is 0.187 e. The van der Waals surface area contributed by atoms with Crippen LogP contribution in [0.15, 0.2) is 0 Å². The quantitative estimate of drug-likeness (QED) is 0.249. The van der Waals surface area contributed by atoms with Crippen LogP contribution in [0.4, 0.5) is 0 Å². The van der Waals surface area contributed by atoms with Crippen molar-refractivity contribution in [2.24, 2.45) is 0 Å². The second-order valence-electron chi connectivity index (χ2n) is 6.22. The highest BCUT2D eigenvalue weighted by Gasteiger charge is 2.51. The lowest BCUT2D eigenvalue weighted by Gasteiger charge is -2.46.